The quantitative estimate of drug-likeness (QED) is 0.411. The number of aryl methyl sites for hydroxylation is 1. The Hall–Kier alpha value is -2.48. The Morgan fingerprint density at radius 1 is 1.00 bits per heavy atom. The molecule has 8 heteroatoms. The third-order valence-corrected chi connectivity index (χ3v) is 5.18. The van der Waals surface area contributed by atoms with Crippen LogP contribution in [0.3, 0.4) is 0 Å². The Balaban J connectivity index is 2.20. The lowest BCUT2D eigenvalue weighted by molar-refractivity contribution is -0.140. The van der Waals surface area contributed by atoms with Gasteiger partial charge in [0.1, 0.15) is 11.5 Å². The summed E-state index contributed by atoms with van der Waals surface area (Å²) in [6.07, 6.45) is -4.60. The number of benzene rings is 2. The Morgan fingerprint density at radius 2 is 1.59 bits per heavy atom. The number of ether oxygens (including phenoxy) is 2. The maximum Gasteiger partial charge on any atom is 0.435 e. The second-order valence-electron chi connectivity index (χ2n) is 6.11. The number of hydrogen-bond donors (Lipinski definition) is 0. The number of hydrogen-bond acceptors (Lipinski definition) is 3. The van der Waals surface area contributed by atoms with E-state index < -0.39 is 11.9 Å². The van der Waals surface area contributed by atoms with Crippen molar-refractivity contribution in [3.05, 3.63) is 46.2 Å². The minimum atomic E-state index is -4.60. The molecular formula is C19H14BrF3N2O2. The molecule has 2 aromatic heterocycles. The van der Waals surface area contributed by atoms with Gasteiger partial charge in [0, 0.05) is 21.8 Å². The van der Waals surface area contributed by atoms with Gasteiger partial charge in [0.15, 0.2) is 5.69 Å². The molecule has 0 saturated carbocycles. The fraction of sp³-hybridized carbons (Fsp3) is 0.211. The zero-order valence-corrected chi connectivity index (χ0v) is 16.2. The van der Waals surface area contributed by atoms with Crippen LogP contribution in [0.1, 0.15) is 11.4 Å². The molecule has 0 aliphatic heterocycles. The van der Waals surface area contributed by atoms with Crippen LogP contribution in [0.15, 0.2) is 34.8 Å². The van der Waals surface area contributed by atoms with Crippen LogP contribution in [0.5, 0.6) is 11.5 Å². The van der Waals surface area contributed by atoms with Gasteiger partial charge in [-0.25, -0.2) is 4.52 Å². The molecule has 4 nitrogen and oxygen atoms in total. The van der Waals surface area contributed by atoms with Crippen molar-refractivity contribution in [2.45, 2.75) is 13.1 Å². The molecule has 2 heterocycles. The number of nitrogens with zero attached hydrogens (tertiary/aromatic N) is 2. The van der Waals surface area contributed by atoms with Crippen LogP contribution < -0.4 is 9.47 Å². The first-order valence-electron chi connectivity index (χ1n) is 8.00. The first-order chi connectivity index (χ1) is 12.8. The van der Waals surface area contributed by atoms with Gasteiger partial charge in [-0.05, 0) is 24.6 Å². The highest BCUT2D eigenvalue weighted by Gasteiger charge is 2.40. The van der Waals surface area contributed by atoms with Gasteiger partial charge in [-0.15, -0.1) is 0 Å². The molecule has 0 saturated heterocycles. The number of aromatic nitrogens is 2. The minimum Gasteiger partial charge on any atom is -0.496 e. The number of alkyl halides is 3. The largest absolute Gasteiger partial charge is 0.496 e. The molecule has 140 valence electrons. The third kappa shape index (κ3) is 2.54. The van der Waals surface area contributed by atoms with E-state index in [-0.39, 0.29) is 11.1 Å². The lowest BCUT2D eigenvalue weighted by Gasteiger charge is -2.11. The van der Waals surface area contributed by atoms with Gasteiger partial charge in [-0.3, -0.25) is 0 Å². The smallest absolute Gasteiger partial charge is 0.435 e. The van der Waals surface area contributed by atoms with E-state index in [9.17, 15) is 13.2 Å². The Bertz CT molecular complexity index is 1150. The average molecular weight is 439 g/mol. The number of rotatable bonds is 3. The summed E-state index contributed by atoms with van der Waals surface area (Å²) in [7, 11) is 2.81. The normalized spacial score (nSPS) is 12.3. The molecule has 27 heavy (non-hydrogen) atoms. The Morgan fingerprint density at radius 3 is 2.15 bits per heavy atom. The molecule has 0 spiro atoms. The zero-order valence-electron chi connectivity index (χ0n) is 14.6. The molecule has 0 fully saturated rings. The van der Waals surface area contributed by atoms with Crippen molar-refractivity contribution in [2.75, 3.05) is 14.2 Å². The number of methoxy groups -OCH3 is 2. The first kappa shape index (κ1) is 17.9. The lowest BCUT2D eigenvalue weighted by Crippen LogP contribution is -2.07. The fourth-order valence-corrected chi connectivity index (χ4v) is 3.79. The monoisotopic (exact) mass is 438 g/mol. The SMILES string of the molecule is COc1cc(OC)c2c(-c3ccc(Br)cc3)c(C)n3nc(C(F)(F)F)c1c23. The summed E-state index contributed by atoms with van der Waals surface area (Å²) in [5.74, 6) is 0.512. The molecule has 2 aromatic carbocycles. The second kappa shape index (κ2) is 6.02. The van der Waals surface area contributed by atoms with Gasteiger partial charge in [0.05, 0.1) is 30.5 Å². The summed E-state index contributed by atoms with van der Waals surface area (Å²) < 4.78 is 53.7. The van der Waals surface area contributed by atoms with Gasteiger partial charge in [-0.2, -0.15) is 18.3 Å². The zero-order chi connectivity index (χ0) is 19.5. The molecule has 0 amide bonds. The van der Waals surface area contributed by atoms with Crippen LogP contribution in [0.2, 0.25) is 0 Å². The number of halogens is 4. The molecule has 0 radical (unpaired) electrons. The molecule has 0 aliphatic carbocycles. The van der Waals surface area contributed by atoms with E-state index in [0.717, 1.165) is 15.6 Å². The van der Waals surface area contributed by atoms with Crippen LogP contribution in [0, 0.1) is 6.92 Å². The van der Waals surface area contributed by atoms with Gasteiger partial charge in [-0.1, -0.05) is 28.1 Å². The summed E-state index contributed by atoms with van der Waals surface area (Å²) in [5, 5.41) is 4.40. The van der Waals surface area contributed by atoms with Crippen molar-refractivity contribution in [3.63, 3.8) is 0 Å². The standard InChI is InChI=1S/C19H14BrF3N2O2/c1-9-14(10-4-6-11(20)7-5-10)15-12(26-2)8-13(27-3)16-17(15)25(9)24-18(16)19(21,22)23/h4-8H,1-3H3. The van der Waals surface area contributed by atoms with Gasteiger partial charge >= 0.3 is 6.18 Å². The van der Waals surface area contributed by atoms with Crippen molar-refractivity contribution in [2.24, 2.45) is 0 Å². The van der Waals surface area contributed by atoms with Crippen molar-refractivity contribution in [1.82, 2.24) is 9.61 Å². The van der Waals surface area contributed by atoms with Crippen LogP contribution >= 0.6 is 15.9 Å². The van der Waals surface area contributed by atoms with Gasteiger partial charge in [0.2, 0.25) is 0 Å². The van der Waals surface area contributed by atoms with E-state index in [2.05, 4.69) is 21.0 Å². The van der Waals surface area contributed by atoms with E-state index >= 15 is 0 Å². The molecule has 0 unspecified atom stereocenters. The molecular weight excluding hydrogens is 425 g/mol. The maximum atomic E-state index is 13.6. The molecule has 0 bridgehead atoms. The maximum absolute atomic E-state index is 13.6. The molecule has 0 atom stereocenters. The summed E-state index contributed by atoms with van der Waals surface area (Å²) in [5.41, 5.74) is 1.61. The molecule has 0 N–H and O–H groups in total. The summed E-state index contributed by atoms with van der Waals surface area (Å²) >= 11 is 3.40. The Labute approximate surface area is 161 Å². The van der Waals surface area contributed by atoms with Gasteiger partial charge < -0.3 is 9.47 Å². The third-order valence-electron chi connectivity index (χ3n) is 4.65. The van der Waals surface area contributed by atoms with Crippen LogP contribution in [0.4, 0.5) is 13.2 Å². The Kier molecular flexibility index (Phi) is 3.99. The van der Waals surface area contributed by atoms with E-state index in [1.54, 1.807) is 6.92 Å². The average Bonchev–Trinajstić information content (AvgIpc) is 3.16. The fourth-order valence-electron chi connectivity index (χ4n) is 3.52. The molecule has 0 aliphatic rings. The van der Waals surface area contributed by atoms with Gasteiger partial charge in [0.25, 0.3) is 0 Å². The minimum absolute atomic E-state index is 0.0627. The van der Waals surface area contributed by atoms with Crippen LogP contribution in [-0.2, 0) is 6.18 Å². The van der Waals surface area contributed by atoms with Crippen LogP contribution in [-0.4, -0.2) is 23.8 Å². The summed E-state index contributed by atoms with van der Waals surface area (Å²) in [4.78, 5) is 0. The second-order valence-corrected chi connectivity index (χ2v) is 7.02. The van der Waals surface area contributed by atoms with Crippen molar-refractivity contribution >= 4 is 32.2 Å². The van der Waals surface area contributed by atoms with Crippen molar-refractivity contribution < 1.29 is 22.6 Å². The molecule has 4 aromatic rings. The lowest BCUT2D eigenvalue weighted by atomic mass is 10.00. The van der Waals surface area contributed by atoms with Crippen molar-refractivity contribution in [3.8, 4) is 22.6 Å². The van der Waals surface area contributed by atoms with E-state index in [1.807, 2.05) is 24.3 Å². The topological polar surface area (TPSA) is 35.8 Å². The highest BCUT2D eigenvalue weighted by atomic mass is 79.9. The molecule has 4 rings (SSSR count). The highest BCUT2D eigenvalue weighted by molar-refractivity contribution is 9.10. The van der Waals surface area contributed by atoms with E-state index in [0.29, 0.717) is 22.3 Å². The van der Waals surface area contributed by atoms with E-state index in [1.165, 1.54) is 24.8 Å². The summed E-state index contributed by atoms with van der Waals surface area (Å²) in [6, 6.07) is 9.04. The predicted octanol–water partition coefficient (Wildman–Crippen LogP) is 5.70. The first-order valence-corrected chi connectivity index (χ1v) is 8.79. The predicted molar refractivity (Wildman–Crippen MR) is 99.9 cm³/mol. The summed E-state index contributed by atoms with van der Waals surface area (Å²) in [6.45, 7) is 1.75. The van der Waals surface area contributed by atoms with Crippen LogP contribution in [0.25, 0.3) is 27.4 Å². The highest BCUT2D eigenvalue weighted by Crippen LogP contribution is 2.49. The van der Waals surface area contributed by atoms with E-state index in [4.69, 9.17) is 9.47 Å². The van der Waals surface area contributed by atoms with Crippen molar-refractivity contribution in [1.29, 1.82) is 0 Å².